The summed E-state index contributed by atoms with van der Waals surface area (Å²) in [6.45, 7) is 2.95. The van der Waals surface area contributed by atoms with Crippen molar-refractivity contribution in [3.05, 3.63) is 48.2 Å². The lowest BCUT2D eigenvalue weighted by Crippen LogP contribution is -2.47. The molecule has 0 bridgehead atoms. The Kier molecular flexibility index (Phi) is 6.80. The number of hydrogen-bond acceptors (Lipinski definition) is 7. The highest BCUT2D eigenvalue weighted by atomic mass is 32.2. The minimum absolute atomic E-state index is 0.0675. The molecule has 1 N–H and O–H groups in total. The number of likely N-dealkylation sites (N-methyl/N-ethyl adjacent to an activating group) is 1. The fourth-order valence-corrected chi connectivity index (χ4v) is 5.67. The van der Waals surface area contributed by atoms with E-state index >= 15 is 0 Å². The van der Waals surface area contributed by atoms with Gasteiger partial charge in [0, 0.05) is 44.4 Å². The van der Waals surface area contributed by atoms with Gasteiger partial charge in [-0.05, 0) is 25.2 Å². The first-order chi connectivity index (χ1) is 14.9. The van der Waals surface area contributed by atoms with Crippen molar-refractivity contribution in [3.8, 4) is 5.75 Å². The van der Waals surface area contributed by atoms with Crippen LogP contribution in [0.3, 0.4) is 0 Å². The van der Waals surface area contributed by atoms with Gasteiger partial charge in [0.2, 0.25) is 15.9 Å². The maximum atomic E-state index is 12.8. The van der Waals surface area contributed by atoms with Crippen molar-refractivity contribution in [1.82, 2.24) is 19.5 Å². The number of carbonyl (C=O) groups excluding carboxylic acids is 1. The van der Waals surface area contributed by atoms with Gasteiger partial charge in [0.15, 0.2) is 0 Å². The molecule has 2 aliphatic rings. The van der Waals surface area contributed by atoms with Crippen LogP contribution in [0.2, 0.25) is 0 Å². The Morgan fingerprint density at radius 3 is 2.71 bits per heavy atom. The van der Waals surface area contributed by atoms with E-state index < -0.39 is 10.0 Å². The zero-order valence-electron chi connectivity index (χ0n) is 17.4. The molecule has 1 atom stereocenters. The topological polar surface area (TPSA) is 91.8 Å². The van der Waals surface area contributed by atoms with Crippen LogP contribution in [0.15, 0.2) is 52.5 Å². The molecular formula is C21H26N4O4S2. The molecule has 31 heavy (non-hydrogen) atoms. The molecule has 0 radical (unpaired) electrons. The van der Waals surface area contributed by atoms with Crippen molar-refractivity contribution in [2.45, 2.75) is 22.4 Å². The van der Waals surface area contributed by atoms with E-state index in [1.807, 2.05) is 31.3 Å². The van der Waals surface area contributed by atoms with Crippen LogP contribution in [0.1, 0.15) is 18.0 Å². The Bertz CT molecular complexity index is 1020. The minimum Gasteiger partial charge on any atom is -0.493 e. The SMILES string of the molecule is CN1CCN(S(=O)(=O)c2ccc(SCC(=O)NC3CCOc4ccccc43)nc2)CC1. The Morgan fingerprint density at radius 1 is 1.19 bits per heavy atom. The maximum Gasteiger partial charge on any atom is 0.244 e. The number of hydrogen-bond donors (Lipinski definition) is 1. The van der Waals surface area contributed by atoms with E-state index in [0.717, 1.165) is 17.7 Å². The number of amides is 1. The van der Waals surface area contributed by atoms with E-state index in [2.05, 4.69) is 15.2 Å². The van der Waals surface area contributed by atoms with E-state index in [4.69, 9.17) is 4.74 Å². The number of pyridine rings is 1. The largest absolute Gasteiger partial charge is 0.493 e. The second kappa shape index (κ2) is 9.56. The van der Waals surface area contributed by atoms with Crippen LogP contribution < -0.4 is 10.1 Å². The van der Waals surface area contributed by atoms with Crippen molar-refractivity contribution in [1.29, 1.82) is 0 Å². The second-order valence-electron chi connectivity index (χ2n) is 7.62. The summed E-state index contributed by atoms with van der Waals surface area (Å²) in [6.07, 6.45) is 2.10. The van der Waals surface area contributed by atoms with Gasteiger partial charge in [0.1, 0.15) is 10.6 Å². The molecule has 3 heterocycles. The lowest BCUT2D eigenvalue weighted by atomic mass is 10.0. The van der Waals surface area contributed by atoms with E-state index in [1.54, 1.807) is 12.1 Å². The van der Waals surface area contributed by atoms with Crippen molar-refractivity contribution in [2.75, 3.05) is 45.6 Å². The molecule has 0 saturated carbocycles. The number of rotatable bonds is 6. The number of piperazine rings is 1. The number of thioether (sulfide) groups is 1. The smallest absolute Gasteiger partial charge is 0.244 e. The number of ether oxygens (including phenoxy) is 1. The summed E-state index contributed by atoms with van der Waals surface area (Å²) in [7, 11) is -1.56. The summed E-state index contributed by atoms with van der Waals surface area (Å²) in [5.41, 5.74) is 0.990. The predicted octanol–water partition coefficient (Wildman–Crippen LogP) is 1.75. The van der Waals surface area contributed by atoms with Crippen molar-refractivity contribution in [3.63, 3.8) is 0 Å². The molecule has 166 valence electrons. The summed E-state index contributed by atoms with van der Waals surface area (Å²) in [6, 6.07) is 10.9. The highest BCUT2D eigenvalue weighted by molar-refractivity contribution is 7.99. The quantitative estimate of drug-likeness (QED) is 0.654. The molecule has 4 rings (SSSR count). The number of nitrogens with zero attached hydrogens (tertiary/aromatic N) is 3. The van der Waals surface area contributed by atoms with E-state index in [0.29, 0.717) is 37.8 Å². The standard InChI is InChI=1S/C21H26N4O4S2/c1-24-9-11-25(12-10-24)31(27,28)16-6-7-21(22-14-16)30-15-20(26)23-18-8-13-29-19-5-3-2-4-17(18)19/h2-7,14,18H,8-13,15H2,1H3,(H,23,26). The van der Waals surface area contributed by atoms with Crippen LogP contribution in [0.4, 0.5) is 0 Å². The number of fused-ring (bicyclic) bond motifs is 1. The van der Waals surface area contributed by atoms with Gasteiger partial charge < -0.3 is 15.0 Å². The number of aromatic nitrogens is 1. The molecule has 1 aromatic heterocycles. The van der Waals surface area contributed by atoms with E-state index in [9.17, 15) is 13.2 Å². The molecule has 0 aliphatic carbocycles. The van der Waals surface area contributed by atoms with Gasteiger partial charge in [-0.15, -0.1) is 0 Å². The Hall–Kier alpha value is -2.14. The Morgan fingerprint density at radius 2 is 1.97 bits per heavy atom. The number of benzene rings is 1. The van der Waals surface area contributed by atoms with Gasteiger partial charge in [-0.1, -0.05) is 30.0 Å². The number of carbonyl (C=O) groups is 1. The van der Waals surface area contributed by atoms with Gasteiger partial charge in [-0.3, -0.25) is 4.79 Å². The first-order valence-corrected chi connectivity index (χ1v) is 12.6. The highest BCUT2D eigenvalue weighted by Crippen LogP contribution is 2.31. The average molecular weight is 463 g/mol. The van der Waals surface area contributed by atoms with Crippen LogP contribution in [-0.4, -0.2) is 74.1 Å². The number of sulfonamides is 1. The minimum atomic E-state index is -3.54. The summed E-state index contributed by atoms with van der Waals surface area (Å²) < 4.78 is 32.7. The van der Waals surface area contributed by atoms with E-state index in [1.165, 1.54) is 22.3 Å². The number of nitrogens with one attached hydrogen (secondary N) is 1. The normalized spacial score (nSPS) is 20.0. The summed E-state index contributed by atoms with van der Waals surface area (Å²) in [5.74, 6) is 0.921. The molecule has 10 heteroatoms. The molecule has 8 nitrogen and oxygen atoms in total. The molecule has 1 unspecified atom stereocenters. The van der Waals surface area contributed by atoms with Gasteiger partial charge in [0.05, 0.1) is 23.4 Å². The first-order valence-electron chi connectivity index (χ1n) is 10.2. The van der Waals surface area contributed by atoms with Crippen LogP contribution in [-0.2, 0) is 14.8 Å². The van der Waals surface area contributed by atoms with Crippen molar-refractivity contribution < 1.29 is 17.9 Å². The lowest BCUT2D eigenvalue weighted by Gasteiger charge is -2.31. The predicted molar refractivity (Wildman–Crippen MR) is 119 cm³/mol. The second-order valence-corrected chi connectivity index (χ2v) is 10.6. The average Bonchev–Trinajstić information content (AvgIpc) is 2.78. The van der Waals surface area contributed by atoms with Crippen LogP contribution in [0.25, 0.3) is 0 Å². The molecule has 0 spiro atoms. The zero-order chi connectivity index (χ0) is 21.8. The van der Waals surface area contributed by atoms with Crippen LogP contribution in [0.5, 0.6) is 5.75 Å². The van der Waals surface area contributed by atoms with E-state index in [-0.39, 0.29) is 22.6 Å². The fourth-order valence-electron chi connectivity index (χ4n) is 3.65. The number of para-hydroxylation sites is 1. The third-order valence-corrected chi connectivity index (χ3v) is 8.28. The third-order valence-electron chi connectivity index (χ3n) is 5.45. The molecule has 2 aromatic rings. The summed E-state index contributed by atoms with van der Waals surface area (Å²) in [4.78, 5) is 19.0. The molecule has 2 aliphatic heterocycles. The van der Waals surface area contributed by atoms with Gasteiger partial charge >= 0.3 is 0 Å². The molecule has 1 amide bonds. The lowest BCUT2D eigenvalue weighted by molar-refractivity contribution is -0.119. The molecule has 1 saturated heterocycles. The van der Waals surface area contributed by atoms with Gasteiger partial charge in [-0.2, -0.15) is 4.31 Å². The van der Waals surface area contributed by atoms with Crippen molar-refractivity contribution >= 4 is 27.7 Å². The van der Waals surface area contributed by atoms with Gasteiger partial charge in [0.25, 0.3) is 0 Å². The van der Waals surface area contributed by atoms with Gasteiger partial charge in [-0.25, -0.2) is 13.4 Å². The van der Waals surface area contributed by atoms with Crippen LogP contribution in [0, 0.1) is 0 Å². The summed E-state index contributed by atoms with van der Waals surface area (Å²) in [5, 5.41) is 3.66. The Balaban J connectivity index is 1.32. The third kappa shape index (κ3) is 5.20. The Labute approximate surface area is 187 Å². The molecule has 1 fully saturated rings. The highest BCUT2D eigenvalue weighted by Gasteiger charge is 2.28. The summed E-state index contributed by atoms with van der Waals surface area (Å²) >= 11 is 1.28. The molecule has 1 aromatic carbocycles. The van der Waals surface area contributed by atoms with Crippen molar-refractivity contribution in [2.24, 2.45) is 0 Å². The monoisotopic (exact) mass is 462 g/mol. The maximum absolute atomic E-state index is 12.8. The van der Waals surface area contributed by atoms with Crippen LogP contribution >= 0.6 is 11.8 Å². The molecular weight excluding hydrogens is 436 g/mol. The zero-order valence-corrected chi connectivity index (χ0v) is 19.0. The fraction of sp³-hybridized carbons (Fsp3) is 0.429. The first kappa shape index (κ1) is 22.1.